The van der Waals surface area contributed by atoms with Gasteiger partial charge in [-0.25, -0.2) is 4.98 Å². The van der Waals surface area contributed by atoms with Crippen molar-refractivity contribution >= 4 is 40.1 Å². The van der Waals surface area contributed by atoms with Gasteiger partial charge in [0.25, 0.3) is 0 Å². The quantitative estimate of drug-likeness (QED) is 0.860. The summed E-state index contributed by atoms with van der Waals surface area (Å²) in [5, 5.41) is 10.7. The third-order valence-electron chi connectivity index (χ3n) is 3.09. The summed E-state index contributed by atoms with van der Waals surface area (Å²) in [7, 11) is 0. The maximum absolute atomic E-state index is 10.9. The molecule has 1 aromatic heterocycles. The van der Waals surface area contributed by atoms with Crippen molar-refractivity contribution in [3.63, 3.8) is 0 Å². The van der Waals surface area contributed by atoms with E-state index in [4.69, 9.17) is 28.3 Å². The fraction of sp³-hybridized carbons (Fsp3) is 0.286. The summed E-state index contributed by atoms with van der Waals surface area (Å²) in [5.41, 5.74) is 0.956. The topological polar surface area (TPSA) is 50.2 Å². The molecule has 1 heterocycles. The Morgan fingerprint density at radius 2 is 1.95 bits per heavy atom. The molecular weight excluding hydrogens is 285 g/mol. The summed E-state index contributed by atoms with van der Waals surface area (Å²) in [6, 6.07) is 7.10. The first-order valence-electron chi connectivity index (χ1n) is 5.78. The molecule has 3 nitrogen and oxygen atoms in total. The molecule has 0 atom stereocenters. The van der Waals surface area contributed by atoms with E-state index in [0.29, 0.717) is 15.7 Å². The normalized spacial score (nSPS) is 11.8. The van der Waals surface area contributed by atoms with E-state index in [-0.39, 0.29) is 6.42 Å². The smallest absolute Gasteiger partial charge is 0.304 e. The highest BCUT2D eigenvalue weighted by Gasteiger charge is 2.27. The number of aromatic nitrogens is 1. The Balaban J connectivity index is 2.60. The summed E-state index contributed by atoms with van der Waals surface area (Å²) < 4.78 is 0. The average molecular weight is 298 g/mol. The molecule has 0 saturated heterocycles. The minimum Gasteiger partial charge on any atom is -0.481 e. The fourth-order valence-electron chi connectivity index (χ4n) is 2.14. The Morgan fingerprint density at radius 1 is 1.26 bits per heavy atom. The van der Waals surface area contributed by atoms with Crippen LogP contribution in [0.3, 0.4) is 0 Å². The van der Waals surface area contributed by atoms with Crippen LogP contribution in [0.1, 0.15) is 25.8 Å². The van der Waals surface area contributed by atoms with Crippen molar-refractivity contribution in [1.82, 2.24) is 4.98 Å². The van der Waals surface area contributed by atoms with Crippen LogP contribution in [0.25, 0.3) is 10.9 Å². The Hall–Kier alpha value is -1.32. The van der Waals surface area contributed by atoms with Gasteiger partial charge in [-0.1, -0.05) is 43.1 Å². The highest BCUT2D eigenvalue weighted by Crippen LogP contribution is 2.37. The molecule has 100 valence electrons. The molecule has 1 N–H and O–H groups in total. The van der Waals surface area contributed by atoms with Crippen LogP contribution in [-0.2, 0) is 10.2 Å². The maximum atomic E-state index is 10.9. The molecular formula is C14H13Cl2NO2. The van der Waals surface area contributed by atoms with Gasteiger partial charge in [0.05, 0.1) is 17.0 Å². The first kappa shape index (κ1) is 14.1. The Kier molecular flexibility index (Phi) is 3.70. The molecule has 0 unspecified atom stereocenters. The molecule has 0 saturated carbocycles. The minimum absolute atomic E-state index is 0.0131. The number of hydrogen-bond acceptors (Lipinski definition) is 2. The Bertz CT molecular complexity index is 653. The van der Waals surface area contributed by atoms with Crippen molar-refractivity contribution in [2.24, 2.45) is 0 Å². The van der Waals surface area contributed by atoms with Crippen molar-refractivity contribution in [3.8, 4) is 0 Å². The van der Waals surface area contributed by atoms with Gasteiger partial charge in [-0.15, -0.1) is 0 Å². The molecule has 0 fully saturated rings. The third-order valence-corrected chi connectivity index (χ3v) is 3.71. The van der Waals surface area contributed by atoms with E-state index < -0.39 is 11.4 Å². The van der Waals surface area contributed by atoms with Gasteiger partial charge in [-0.2, -0.15) is 0 Å². The Labute approximate surface area is 121 Å². The van der Waals surface area contributed by atoms with Crippen molar-refractivity contribution in [1.29, 1.82) is 0 Å². The minimum atomic E-state index is -0.851. The summed E-state index contributed by atoms with van der Waals surface area (Å²) in [6.07, 6.45) is 0.0131. The number of benzene rings is 1. The van der Waals surface area contributed by atoms with Crippen LogP contribution in [-0.4, -0.2) is 16.1 Å². The van der Waals surface area contributed by atoms with Crippen LogP contribution >= 0.6 is 23.2 Å². The summed E-state index contributed by atoms with van der Waals surface area (Å²) >= 11 is 12.2. The van der Waals surface area contributed by atoms with Crippen LogP contribution in [0.5, 0.6) is 0 Å². The van der Waals surface area contributed by atoms with E-state index in [0.717, 1.165) is 10.9 Å². The molecule has 2 aromatic rings. The van der Waals surface area contributed by atoms with E-state index in [1.54, 1.807) is 12.1 Å². The molecule has 0 bridgehead atoms. The molecule has 2 rings (SSSR count). The van der Waals surface area contributed by atoms with E-state index >= 15 is 0 Å². The van der Waals surface area contributed by atoms with Crippen LogP contribution in [0, 0.1) is 0 Å². The van der Waals surface area contributed by atoms with Crippen LogP contribution in [0.15, 0.2) is 24.3 Å². The van der Waals surface area contributed by atoms with Crippen LogP contribution in [0.4, 0.5) is 0 Å². The van der Waals surface area contributed by atoms with Crippen molar-refractivity contribution in [2.45, 2.75) is 25.7 Å². The van der Waals surface area contributed by atoms with Crippen LogP contribution < -0.4 is 0 Å². The average Bonchev–Trinajstić information content (AvgIpc) is 2.26. The van der Waals surface area contributed by atoms with Gasteiger partial charge >= 0.3 is 5.97 Å². The molecule has 0 aliphatic carbocycles. The zero-order valence-corrected chi connectivity index (χ0v) is 12.1. The van der Waals surface area contributed by atoms with Gasteiger partial charge in [0, 0.05) is 10.8 Å². The number of nitrogens with zero attached hydrogens (tertiary/aromatic N) is 1. The summed E-state index contributed by atoms with van der Waals surface area (Å²) in [4.78, 5) is 15.1. The van der Waals surface area contributed by atoms with Crippen molar-refractivity contribution in [2.75, 3.05) is 0 Å². The number of carboxylic acids is 1. The van der Waals surface area contributed by atoms with Gasteiger partial charge in [-0.3, -0.25) is 4.79 Å². The van der Waals surface area contributed by atoms with Gasteiger partial charge in [0.1, 0.15) is 5.15 Å². The van der Waals surface area contributed by atoms with Crippen molar-refractivity contribution < 1.29 is 9.90 Å². The maximum Gasteiger partial charge on any atom is 0.304 e. The predicted molar refractivity (Wildman–Crippen MR) is 77.0 cm³/mol. The monoisotopic (exact) mass is 297 g/mol. The molecule has 19 heavy (non-hydrogen) atoms. The standard InChI is InChI=1S/C14H13Cl2NO2/c1-14(2,7-12(18)19)9-4-5-10-8(13(9)16)3-6-11(15)17-10/h3-6H,7H2,1-2H3,(H,18,19). The molecule has 0 aliphatic heterocycles. The predicted octanol–water partition coefficient (Wildman–Crippen LogP) is 4.29. The Morgan fingerprint density at radius 3 is 2.58 bits per heavy atom. The highest BCUT2D eigenvalue weighted by molar-refractivity contribution is 6.36. The van der Waals surface area contributed by atoms with Gasteiger partial charge in [0.2, 0.25) is 0 Å². The zero-order chi connectivity index (χ0) is 14.2. The third kappa shape index (κ3) is 2.82. The van der Waals surface area contributed by atoms with Crippen LogP contribution in [0.2, 0.25) is 10.2 Å². The molecule has 0 amide bonds. The number of carbonyl (C=O) groups is 1. The lowest BCUT2D eigenvalue weighted by atomic mass is 9.81. The number of carboxylic acid groups (broad SMARTS) is 1. The second-order valence-electron chi connectivity index (χ2n) is 5.08. The largest absolute Gasteiger partial charge is 0.481 e. The van der Waals surface area contributed by atoms with E-state index in [1.165, 1.54) is 0 Å². The first-order valence-corrected chi connectivity index (χ1v) is 6.54. The molecule has 5 heteroatoms. The lowest BCUT2D eigenvalue weighted by Gasteiger charge is -2.25. The first-order chi connectivity index (χ1) is 8.81. The number of halogens is 2. The number of hydrogen-bond donors (Lipinski definition) is 1. The number of fused-ring (bicyclic) bond motifs is 1. The lowest BCUT2D eigenvalue weighted by molar-refractivity contribution is -0.138. The molecule has 0 aliphatic rings. The zero-order valence-electron chi connectivity index (χ0n) is 10.6. The van der Waals surface area contributed by atoms with E-state index in [1.807, 2.05) is 26.0 Å². The highest BCUT2D eigenvalue weighted by atomic mass is 35.5. The fourth-order valence-corrected chi connectivity index (χ4v) is 2.77. The number of rotatable bonds is 3. The summed E-state index contributed by atoms with van der Waals surface area (Å²) in [6.45, 7) is 3.72. The van der Waals surface area contributed by atoms with Gasteiger partial charge in [-0.05, 0) is 23.8 Å². The van der Waals surface area contributed by atoms with Gasteiger partial charge < -0.3 is 5.11 Å². The molecule has 0 spiro atoms. The van der Waals surface area contributed by atoms with E-state index in [2.05, 4.69) is 4.98 Å². The lowest BCUT2D eigenvalue weighted by Crippen LogP contribution is -2.22. The number of pyridine rings is 1. The van der Waals surface area contributed by atoms with E-state index in [9.17, 15) is 4.79 Å². The SMILES string of the molecule is CC(C)(CC(=O)O)c1ccc2nc(Cl)ccc2c1Cl. The van der Waals surface area contributed by atoms with Gasteiger partial charge in [0.15, 0.2) is 0 Å². The summed E-state index contributed by atoms with van der Waals surface area (Å²) in [5.74, 6) is -0.851. The molecule has 0 radical (unpaired) electrons. The van der Waals surface area contributed by atoms with Crippen molar-refractivity contribution in [3.05, 3.63) is 40.0 Å². The molecule has 1 aromatic carbocycles. The second-order valence-corrected chi connectivity index (χ2v) is 5.85. The number of aliphatic carboxylic acids is 1. The second kappa shape index (κ2) is 4.99.